The van der Waals surface area contributed by atoms with E-state index in [9.17, 15) is 4.79 Å². The quantitative estimate of drug-likeness (QED) is 0.771. The Labute approximate surface area is 151 Å². The standard InChI is InChI=1S/C19H31N3O3/c1-5-25-15(2)19(23)20-18(14-22-12-10-21(3)11-13-22)16-6-8-17(24-4)9-7-16/h6-9,15,18H,5,10-14H2,1-4H3,(H,20,23)/t15-,18+/m0/s1. The van der Waals surface area contributed by atoms with Crippen LogP contribution in [0, 0.1) is 0 Å². The summed E-state index contributed by atoms with van der Waals surface area (Å²) >= 11 is 0. The zero-order valence-corrected chi connectivity index (χ0v) is 15.8. The third-order valence-electron chi connectivity index (χ3n) is 4.66. The molecule has 0 saturated carbocycles. The zero-order valence-electron chi connectivity index (χ0n) is 15.8. The number of carbonyl (C=O) groups excluding carboxylic acids is 1. The van der Waals surface area contributed by atoms with Crippen molar-refractivity contribution in [1.82, 2.24) is 15.1 Å². The van der Waals surface area contributed by atoms with Crippen molar-refractivity contribution < 1.29 is 14.3 Å². The van der Waals surface area contributed by atoms with Gasteiger partial charge in [0.25, 0.3) is 0 Å². The van der Waals surface area contributed by atoms with Crippen molar-refractivity contribution in [3.63, 3.8) is 0 Å². The average Bonchev–Trinajstić information content (AvgIpc) is 2.63. The normalized spacial score (nSPS) is 18.6. The first kappa shape index (κ1) is 19.7. The van der Waals surface area contributed by atoms with Crippen LogP contribution >= 0.6 is 0 Å². The van der Waals surface area contributed by atoms with Gasteiger partial charge in [0.1, 0.15) is 11.9 Å². The highest BCUT2D eigenvalue weighted by Gasteiger charge is 2.23. The SMILES string of the molecule is CCO[C@@H](C)C(=O)N[C@H](CN1CCN(C)CC1)c1ccc(OC)cc1. The summed E-state index contributed by atoms with van der Waals surface area (Å²) in [7, 11) is 3.80. The molecule has 140 valence electrons. The second kappa shape index (κ2) is 9.75. The summed E-state index contributed by atoms with van der Waals surface area (Å²) in [5.74, 6) is 0.743. The van der Waals surface area contributed by atoms with Crippen molar-refractivity contribution in [2.75, 3.05) is 53.5 Å². The number of carbonyl (C=O) groups is 1. The molecule has 1 aliphatic rings. The minimum atomic E-state index is -0.446. The number of piperazine rings is 1. The van der Waals surface area contributed by atoms with Crippen LogP contribution in [0.25, 0.3) is 0 Å². The van der Waals surface area contributed by atoms with E-state index >= 15 is 0 Å². The second-order valence-electron chi connectivity index (χ2n) is 6.54. The molecule has 1 saturated heterocycles. The molecule has 0 aromatic heterocycles. The highest BCUT2D eigenvalue weighted by Crippen LogP contribution is 2.20. The van der Waals surface area contributed by atoms with Gasteiger partial charge < -0.3 is 19.7 Å². The van der Waals surface area contributed by atoms with E-state index in [1.807, 2.05) is 31.2 Å². The first-order valence-corrected chi connectivity index (χ1v) is 9.00. The lowest BCUT2D eigenvalue weighted by molar-refractivity contribution is -0.132. The maximum absolute atomic E-state index is 12.4. The van der Waals surface area contributed by atoms with Crippen LogP contribution in [0.3, 0.4) is 0 Å². The van der Waals surface area contributed by atoms with Gasteiger partial charge in [0.05, 0.1) is 13.2 Å². The molecule has 0 aliphatic carbocycles. The minimum Gasteiger partial charge on any atom is -0.497 e. The van der Waals surface area contributed by atoms with Crippen LogP contribution in [0.1, 0.15) is 25.5 Å². The topological polar surface area (TPSA) is 54.0 Å². The number of methoxy groups -OCH3 is 1. The molecule has 0 bridgehead atoms. The van der Waals surface area contributed by atoms with Crippen LogP contribution < -0.4 is 10.1 Å². The highest BCUT2D eigenvalue weighted by atomic mass is 16.5. The van der Waals surface area contributed by atoms with Crippen molar-refractivity contribution in [3.8, 4) is 5.75 Å². The monoisotopic (exact) mass is 349 g/mol. The Kier molecular flexibility index (Phi) is 7.68. The molecule has 2 atom stereocenters. The Hall–Kier alpha value is -1.63. The fraction of sp³-hybridized carbons (Fsp3) is 0.632. The number of hydrogen-bond acceptors (Lipinski definition) is 5. The van der Waals surface area contributed by atoms with Gasteiger partial charge in [-0.1, -0.05) is 12.1 Å². The van der Waals surface area contributed by atoms with Crippen LogP contribution in [-0.4, -0.2) is 75.3 Å². The molecule has 0 spiro atoms. The fourth-order valence-corrected chi connectivity index (χ4v) is 2.97. The lowest BCUT2D eigenvalue weighted by atomic mass is 10.0. The van der Waals surface area contributed by atoms with Crippen LogP contribution in [-0.2, 0) is 9.53 Å². The Balaban J connectivity index is 2.08. The Morgan fingerprint density at radius 3 is 2.40 bits per heavy atom. The molecule has 1 amide bonds. The molecule has 0 radical (unpaired) electrons. The van der Waals surface area contributed by atoms with E-state index in [0.717, 1.165) is 44.0 Å². The summed E-state index contributed by atoms with van der Waals surface area (Å²) in [4.78, 5) is 17.2. The summed E-state index contributed by atoms with van der Waals surface area (Å²) in [5, 5.41) is 3.15. The number of likely N-dealkylation sites (N-methyl/N-ethyl adjacent to an activating group) is 1. The predicted molar refractivity (Wildman–Crippen MR) is 98.9 cm³/mol. The van der Waals surface area contributed by atoms with Crippen molar-refractivity contribution in [3.05, 3.63) is 29.8 Å². The number of rotatable bonds is 8. The van der Waals surface area contributed by atoms with Crippen LogP contribution in [0.15, 0.2) is 24.3 Å². The summed E-state index contributed by atoms with van der Waals surface area (Å²) < 4.78 is 10.7. The highest BCUT2D eigenvalue weighted by molar-refractivity contribution is 5.80. The number of hydrogen-bond donors (Lipinski definition) is 1. The van der Waals surface area contributed by atoms with E-state index in [2.05, 4.69) is 22.2 Å². The number of amides is 1. The first-order chi connectivity index (χ1) is 12.0. The molecule has 1 aromatic rings. The van der Waals surface area contributed by atoms with E-state index in [1.165, 1.54) is 0 Å². The van der Waals surface area contributed by atoms with E-state index in [-0.39, 0.29) is 11.9 Å². The molecule has 6 nitrogen and oxygen atoms in total. The van der Waals surface area contributed by atoms with Gasteiger partial charge in [-0.25, -0.2) is 0 Å². The Morgan fingerprint density at radius 1 is 1.20 bits per heavy atom. The summed E-state index contributed by atoms with van der Waals surface area (Å²) in [6, 6.07) is 7.84. The van der Waals surface area contributed by atoms with Gasteiger partial charge in [0.2, 0.25) is 5.91 Å². The third kappa shape index (κ3) is 5.99. The van der Waals surface area contributed by atoms with Gasteiger partial charge in [-0.15, -0.1) is 0 Å². The Morgan fingerprint density at radius 2 is 1.84 bits per heavy atom. The third-order valence-corrected chi connectivity index (χ3v) is 4.66. The van der Waals surface area contributed by atoms with Crippen molar-refractivity contribution in [2.45, 2.75) is 26.0 Å². The number of benzene rings is 1. The largest absolute Gasteiger partial charge is 0.497 e. The summed E-state index contributed by atoms with van der Waals surface area (Å²) in [6.45, 7) is 9.15. The molecule has 1 heterocycles. The minimum absolute atomic E-state index is 0.0651. The molecular weight excluding hydrogens is 318 g/mol. The molecule has 1 fully saturated rings. The molecular formula is C19H31N3O3. The van der Waals surface area contributed by atoms with Crippen LogP contribution in [0.2, 0.25) is 0 Å². The maximum Gasteiger partial charge on any atom is 0.249 e. The van der Waals surface area contributed by atoms with E-state index in [4.69, 9.17) is 9.47 Å². The van der Waals surface area contributed by atoms with Crippen molar-refractivity contribution in [1.29, 1.82) is 0 Å². The number of ether oxygens (including phenoxy) is 2. The van der Waals surface area contributed by atoms with Gasteiger partial charge in [-0.05, 0) is 38.6 Å². The van der Waals surface area contributed by atoms with Crippen molar-refractivity contribution >= 4 is 5.91 Å². The van der Waals surface area contributed by atoms with E-state index in [0.29, 0.717) is 6.61 Å². The summed E-state index contributed by atoms with van der Waals surface area (Å²) in [5.41, 5.74) is 1.08. The van der Waals surface area contributed by atoms with E-state index < -0.39 is 6.10 Å². The molecule has 1 aromatic carbocycles. The average molecular weight is 349 g/mol. The van der Waals surface area contributed by atoms with Crippen molar-refractivity contribution in [2.24, 2.45) is 0 Å². The van der Waals surface area contributed by atoms with Gasteiger partial charge in [0.15, 0.2) is 0 Å². The molecule has 25 heavy (non-hydrogen) atoms. The summed E-state index contributed by atoms with van der Waals surface area (Å²) in [6.07, 6.45) is -0.446. The smallest absolute Gasteiger partial charge is 0.249 e. The molecule has 1 aliphatic heterocycles. The van der Waals surface area contributed by atoms with Gasteiger partial charge in [-0.2, -0.15) is 0 Å². The van der Waals surface area contributed by atoms with Gasteiger partial charge >= 0.3 is 0 Å². The Bertz CT molecular complexity index is 527. The zero-order chi connectivity index (χ0) is 18.2. The molecule has 1 N–H and O–H groups in total. The number of nitrogens with one attached hydrogen (secondary N) is 1. The number of nitrogens with zero attached hydrogens (tertiary/aromatic N) is 2. The lowest BCUT2D eigenvalue weighted by Crippen LogP contribution is -2.48. The second-order valence-corrected chi connectivity index (χ2v) is 6.54. The molecule has 0 unspecified atom stereocenters. The lowest BCUT2D eigenvalue weighted by Gasteiger charge is -2.35. The molecule has 2 rings (SSSR count). The predicted octanol–water partition coefficient (Wildman–Crippen LogP) is 1.52. The van der Waals surface area contributed by atoms with Gasteiger partial charge in [-0.3, -0.25) is 9.69 Å². The van der Waals surface area contributed by atoms with E-state index in [1.54, 1.807) is 14.0 Å². The van der Waals surface area contributed by atoms with Gasteiger partial charge in [0, 0.05) is 39.3 Å². The first-order valence-electron chi connectivity index (χ1n) is 9.00. The van der Waals surface area contributed by atoms with Crippen LogP contribution in [0.4, 0.5) is 0 Å². The maximum atomic E-state index is 12.4. The fourth-order valence-electron chi connectivity index (χ4n) is 2.97. The van der Waals surface area contributed by atoms with Crippen LogP contribution in [0.5, 0.6) is 5.75 Å². The molecule has 6 heteroatoms.